The number of aromatic amines is 1. The number of benzene rings is 1. The number of carbonyl (C=O) groups excluding carboxylic acids is 1. The topological polar surface area (TPSA) is 181 Å². The second kappa shape index (κ2) is 14.7. The highest BCUT2D eigenvalue weighted by Crippen LogP contribution is 2.34. The van der Waals surface area contributed by atoms with Crippen LogP contribution in [0.15, 0.2) is 40.3 Å². The van der Waals surface area contributed by atoms with Gasteiger partial charge in [0.1, 0.15) is 14.6 Å². The molecule has 0 aliphatic rings. The van der Waals surface area contributed by atoms with E-state index < -0.39 is 18.1 Å². The lowest BCUT2D eigenvalue weighted by Gasteiger charge is -2.21. The number of nitrogens with zero attached hydrogens (tertiary/aromatic N) is 3. The number of nitrogen functional groups attached to an aromatic ring is 1. The first-order valence-corrected chi connectivity index (χ1v) is 14.7. The summed E-state index contributed by atoms with van der Waals surface area (Å²) in [7, 11) is -4.30. The van der Waals surface area contributed by atoms with E-state index in [1.165, 1.54) is 12.6 Å². The molecule has 1 aromatic carbocycles. The number of rotatable bonds is 13. The van der Waals surface area contributed by atoms with Gasteiger partial charge in [0, 0.05) is 18.8 Å². The van der Waals surface area contributed by atoms with Crippen LogP contribution in [-0.4, -0.2) is 66.3 Å². The zero-order valence-corrected chi connectivity index (χ0v) is 22.9. The lowest BCUT2D eigenvalue weighted by Crippen LogP contribution is -2.21. The second-order valence-electron chi connectivity index (χ2n) is 8.00. The van der Waals surface area contributed by atoms with Gasteiger partial charge in [-0.25, -0.2) is 13.4 Å². The maximum absolute atomic E-state index is 11.9. The Morgan fingerprint density at radius 3 is 2.54 bits per heavy atom. The molecule has 1 unspecified atom stereocenters. The van der Waals surface area contributed by atoms with E-state index in [1.54, 1.807) is 35.8 Å². The highest BCUT2D eigenvalue weighted by atomic mass is 32.2. The average Bonchev–Trinajstić information content (AvgIpc) is 3.23. The van der Waals surface area contributed by atoms with Gasteiger partial charge in [-0.1, -0.05) is 12.1 Å². The lowest BCUT2D eigenvalue weighted by atomic mass is 10.2. The van der Waals surface area contributed by atoms with E-state index in [0.29, 0.717) is 44.8 Å². The molecule has 0 bridgehead atoms. The zero-order chi connectivity index (χ0) is 27.4. The molecule has 4 N–H and O–H groups in total. The van der Waals surface area contributed by atoms with Gasteiger partial charge in [0.25, 0.3) is 12.0 Å². The number of fused-ring (bicyclic) bond motifs is 1. The van der Waals surface area contributed by atoms with Crippen LogP contribution < -0.4 is 16.4 Å². The van der Waals surface area contributed by atoms with Gasteiger partial charge in [-0.05, 0) is 38.5 Å². The number of hydrogen-bond acceptors (Lipinski definition) is 11. The van der Waals surface area contributed by atoms with Gasteiger partial charge < -0.3 is 24.3 Å². The molecule has 2 aromatic heterocycles. The van der Waals surface area contributed by atoms with Crippen molar-refractivity contribution in [1.29, 1.82) is 0 Å². The van der Waals surface area contributed by atoms with Crippen LogP contribution in [0.5, 0.6) is 0 Å². The number of H-pyrrole nitrogens is 1. The molecule has 2 heterocycles. The number of anilines is 1. The van der Waals surface area contributed by atoms with E-state index in [4.69, 9.17) is 15.0 Å². The molecule has 3 aromatic rings. The Bertz CT molecular complexity index is 1300. The number of hydrogen-bond donors (Lipinski definition) is 3. The molecule has 0 saturated carbocycles. The predicted molar refractivity (Wildman–Crippen MR) is 141 cm³/mol. The maximum atomic E-state index is 11.9. The molecule has 0 fully saturated rings. The van der Waals surface area contributed by atoms with Gasteiger partial charge in [0.05, 0.1) is 31.0 Å². The van der Waals surface area contributed by atoms with Crippen molar-refractivity contribution < 1.29 is 27.2 Å². The number of imidazole rings is 1. The summed E-state index contributed by atoms with van der Waals surface area (Å²) in [6, 6.07) is 6.83. The van der Waals surface area contributed by atoms with Crippen LogP contribution in [0.25, 0.3) is 11.2 Å². The van der Waals surface area contributed by atoms with Gasteiger partial charge >= 0.3 is 0 Å². The highest BCUT2D eigenvalue weighted by molar-refractivity contribution is 7.90. The molecule has 13 nitrogen and oxygen atoms in total. The van der Waals surface area contributed by atoms with Crippen molar-refractivity contribution >= 4 is 41.7 Å². The minimum atomic E-state index is -3.23. The van der Waals surface area contributed by atoms with Gasteiger partial charge in [-0.2, -0.15) is 4.98 Å². The largest absolute Gasteiger partial charge is 0.468 e. The molecule has 0 radical (unpaired) electrons. The summed E-state index contributed by atoms with van der Waals surface area (Å²) in [6.07, 6.45) is 3.07. The zero-order valence-electron chi connectivity index (χ0n) is 21.2. The summed E-state index contributed by atoms with van der Waals surface area (Å²) >= 11 is 0. The van der Waals surface area contributed by atoms with Gasteiger partial charge in [-0.15, -0.1) is 0 Å². The van der Waals surface area contributed by atoms with Crippen LogP contribution in [0.1, 0.15) is 26.3 Å². The standard InChI is InChI=1S/C19H27N6O5PS.C3H6O2/c1-13(2)24-31(30-10-14-4-6-15(7-5-14)32(3,27)28)12-29-9-8-25-11-21-16-17(25)22-19(20)23-18(16)26;1-2-5-3-4/h4-7,11,13,24H,8-10,12H2,1-3H3,(H3,20,22,23,26);3H,2H2,1H3. The van der Waals surface area contributed by atoms with Crippen LogP contribution >= 0.6 is 8.30 Å². The fourth-order valence-electron chi connectivity index (χ4n) is 2.90. The highest BCUT2D eigenvalue weighted by Gasteiger charge is 2.14. The lowest BCUT2D eigenvalue weighted by molar-refractivity contribution is -0.128. The molecule has 0 aliphatic heterocycles. The number of nitrogens with one attached hydrogen (secondary N) is 2. The molecule has 0 spiro atoms. The number of carbonyl (C=O) groups is 1. The van der Waals surface area contributed by atoms with Crippen molar-refractivity contribution in [1.82, 2.24) is 24.6 Å². The molecular formula is C22H33N6O7PS. The quantitative estimate of drug-likeness (QED) is 0.159. The third kappa shape index (κ3) is 10.2. The normalized spacial score (nSPS) is 12.2. The first-order chi connectivity index (χ1) is 17.5. The Balaban J connectivity index is 0.000000877. The van der Waals surface area contributed by atoms with E-state index in [0.717, 1.165) is 5.56 Å². The van der Waals surface area contributed by atoms with Crippen LogP contribution in [0.4, 0.5) is 5.95 Å². The van der Waals surface area contributed by atoms with E-state index in [2.05, 4.69) is 24.8 Å². The van der Waals surface area contributed by atoms with Crippen molar-refractivity contribution in [3.8, 4) is 0 Å². The molecule has 204 valence electrons. The van der Waals surface area contributed by atoms with E-state index in [-0.39, 0.29) is 28.0 Å². The Kier molecular flexibility index (Phi) is 12.1. The van der Waals surface area contributed by atoms with E-state index in [1.807, 2.05) is 13.8 Å². The summed E-state index contributed by atoms with van der Waals surface area (Å²) in [5.41, 5.74) is 6.74. The predicted octanol–water partition coefficient (Wildman–Crippen LogP) is 1.79. The minimum Gasteiger partial charge on any atom is -0.468 e. The number of sulfone groups is 1. The van der Waals surface area contributed by atoms with Crippen LogP contribution in [-0.2, 0) is 41.8 Å². The van der Waals surface area contributed by atoms with Gasteiger partial charge in [0.15, 0.2) is 21.0 Å². The molecule has 1 atom stereocenters. The Hall–Kier alpha value is -2.90. The maximum Gasteiger partial charge on any atom is 0.293 e. The van der Waals surface area contributed by atoms with Crippen molar-refractivity contribution in [3.05, 3.63) is 46.5 Å². The summed E-state index contributed by atoms with van der Waals surface area (Å²) in [4.78, 5) is 31.9. The Morgan fingerprint density at radius 2 is 1.97 bits per heavy atom. The van der Waals surface area contributed by atoms with Crippen LogP contribution in [0, 0.1) is 0 Å². The van der Waals surface area contributed by atoms with E-state index >= 15 is 0 Å². The molecule has 0 amide bonds. The third-order valence-electron chi connectivity index (χ3n) is 4.55. The second-order valence-corrected chi connectivity index (χ2v) is 11.5. The molecular weight excluding hydrogens is 523 g/mol. The van der Waals surface area contributed by atoms with Crippen LogP contribution in [0.3, 0.4) is 0 Å². The molecule has 0 saturated heterocycles. The molecule has 15 heteroatoms. The van der Waals surface area contributed by atoms with Gasteiger partial charge in [-0.3, -0.25) is 19.7 Å². The third-order valence-corrected chi connectivity index (χ3v) is 7.34. The SMILES string of the molecule is CC(C)NP(COCCn1cnc2c(=O)[nH]c(N)nc21)OCc1ccc(S(C)(=O)=O)cc1.CCOC=O. The first-order valence-electron chi connectivity index (χ1n) is 11.3. The van der Waals surface area contributed by atoms with Crippen molar-refractivity contribution in [3.63, 3.8) is 0 Å². The number of nitrogens with two attached hydrogens (primary N) is 1. The first kappa shape index (κ1) is 30.3. The monoisotopic (exact) mass is 556 g/mol. The summed E-state index contributed by atoms with van der Waals surface area (Å²) in [6.45, 7) is 7.85. The Labute approximate surface area is 216 Å². The minimum absolute atomic E-state index is 0.0350. The number of ether oxygens (including phenoxy) is 2. The van der Waals surface area contributed by atoms with Crippen LogP contribution in [0.2, 0.25) is 0 Å². The Morgan fingerprint density at radius 1 is 1.27 bits per heavy atom. The summed E-state index contributed by atoms with van der Waals surface area (Å²) in [5.74, 6) is 0.0350. The van der Waals surface area contributed by atoms with Gasteiger partial charge in [0.2, 0.25) is 5.95 Å². The smallest absolute Gasteiger partial charge is 0.293 e. The van der Waals surface area contributed by atoms with Crippen molar-refractivity contribution in [2.24, 2.45) is 0 Å². The summed E-state index contributed by atoms with van der Waals surface area (Å²) < 4.78 is 40.8. The average molecular weight is 557 g/mol. The number of aromatic nitrogens is 4. The fraction of sp³-hybridized carbons (Fsp3) is 0.455. The fourth-order valence-corrected chi connectivity index (χ4v) is 4.93. The molecule has 0 aliphatic carbocycles. The van der Waals surface area contributed by atoms with E-state index in [9.17, 15) is 18.0 Å². The molecule has 37 heavy (non-hydrogen) atoms. The van der Waals surface area contributed by atoms with Crippen molar-refractivity contribution in [2.45, 2.75) is 44.9 Å². The van der Waals surface area contributed by atoms with Crippen molar-refractivity contribution in [2.75, 3.05) is 31.6 Å². The summed E-state index contributed by atoms with van der Waals surface area (Å²) in [5, 5.41) is 3.35. The molecule has 3 rings (SSSR count).